The van der Waals surface area contributed by atoms with Crippen LogP contribution < -0.4 is 5.32 Å². The Hall–Kier alpha value is -0.160. The van der Waals surface area contributed by atoms with Gasteiger partial charge in [-0.15, -0.1) is 17.9 Å². The number of nitrogens with one attached hydrogen (secondary N) is 1. The number of thiophene rings is 1. The van der Waals surface area contributed by atoms with Gasteiger partial charge in [0, 0.05) is 37.1 Å². The van der Waals surface area contributed by atoms with Crippen LogP contribution in [0, 0.1) is 6.92 Å². The van der Waals surface area contributed by atoms with Crippen molar-refractivity contribution in [2.24, 2.45) is 0 Å². The first-order valence-electron chi connectivity index (χ1n) is 6.54. The highest BCUT2D eigenvalue weighted by atomic mass is 79.9. The first-order valence-corrected chi connectivity index (χ1v) is 8.15. The Balaban J connectivity index is 2.14. The van der Waals surface area contributed by atoms with E-state index in [1.54, 1.807) is 0 Å². The Morgan fingerprint density at radius 1 is 1.56 bits per heavy atom. The van der Waals surface area contributed by atoms with Crippen LogP contribution in [0.3, 0.4) is 0 Å². The average Bonchev–Trinajstić information content (AvgIpc) is 2.71. The molecule has 0 aromatic carbocycles. The summed E-state index contributed by atoms with van der Waals surface area (Å²) < 4.78 is 1.27. The lowest BCUT2D eigenvalue weighted by molar-refractivity contribution is 0.168. The van der Waals surface area contributed by atoms with Gasteiger partial charge in [0.2, 0.25) is 0 Å². The van der Waals surface area contributed by atoms with Gasteiger partial charge in [0.1, 0.15) is 0 Å². The van der Waals surface area contributed by atoms with Gasteiger partial charge in [0.25, 0.3) is 0 Å². The van der Waals surface area contributed by atoms with Gasteiger partial charge in [-0.25, -0.2) is 0 Å². The van der Waals surface area contributed by atoms with Crippen LogP contribution in [0.25, 0.3) is 0 Å². The van der Waals surface area contributed by atoms with Gasteiger partial charge in [0.15, 0.2) is 0 Å². The van der Waals surface area contributed by atoms with Crippen molar-refractivity contribution in [3.8, 4) is 0 Å². The number of piperazine rings is 1. The molecule has 0 spiro atoms. The number of allylic oxidation sites excluding steroid dienone is 1. The van der Waals surface area contributed by atoms with Crippen molar-refractivity contribution in [2.75, 3.05) is 26.2 Å². The van der Waals surface area contributed by atoms with Crippen LogP contribution in [0.4, 0.5) is 0 Å². The molecule has 1 aromatic rings. The zero-order valence-electron chi connectivity index (χ0n) is 10.9. The highest BCUT2D eigenvalue weighted by Gasteiger charge is 2.23. The Kier molecular flexibility index (Phi) is 5.42. The highest BCUT2D eigenvalue weighted by molar-refractivity contribution is 9.11. The fourth-order valence-corrected chi connectivity index (χ4v) is 4.16. The van der Waals surface area contributed by atoms with Crippen molar-refractivity contribution >= 4 is 27.3 Å². The van der Waals surface area contributed by atoms with Crippen molar-refractivity contribution < 1.29 is 0 Å². The van der Waals surface area contributed by atoms with Gasteiger partial charge in [0.05, 0.1) is 3.79 Å². The fourth-order valence-electron chi connectivity index (χ4n) is 2.42. The van der Waals surface area contributed by atoms with E-state index in [1.807, 2.05) is 17.4 Å². The van der Waals surface area contributed by atoms with Crippen LogP contribution in [0.5, 0.6) is 0 Å². The lowest BCUT2D eigenvalue weighted by atomic mass is 10.1. The first kappa shape index (κ1) is 14.3. The molecular formula is C14H21BrN2S. The molecule has 0 saturated carbocycles. The molecule has 0 aliphatic carbocycles. The summed E-state index contributed by atoms with van der Waals surface area (Å²) >= 11 is 5.53. The van der Waals surface area contributed by atoms with Crippen molar-refractivity contribution in [2.45, 2.75) is 25.8 Å². The molecular weight excluding hydrogens is 308 g/mol. The molecule has 100 valence electrons. The summed E-state index contributed by atoms with van der Waals surface area (Å²) in [6, 6.07) is 2.89. The number of rotatable bonds is 5. The summed E-state index contributed by atoms with van der Waals surface area (Å²) in [6.45, 7) is 10.5. The molecule has 1 saturated heterocycles. The zero-order valence-corrected chi connectivity index (χ0v) is 13.3. The summed E-state index contributed by atoms with van der Waals surface area (Å²) in [5.74, 6) is 0. The van der Waals surface area contributed by atoms with Crippen LogP contribution >= 0.6 is 27.3 Å². The molecule has 1 aliphatic rings. The molecule has 18 heavy (non-hydrogen) atoms. The van der Waals surface area contributed by atoms with Gasteiger partial charge >= 0.3 is 0 Å². The van der Waals surface area contributed by atoms with Crippen molar-refractivity contribution in [1.29, 1.82) is 0 Å². The Labute approximate surface area is 122 Å². The normalized spacial score (nSPS) is 18.8. The predicted molar refractivity (Wildman–Crippen MR) is 83.4 cm³/mol. The van der Waals surface area contributed by atoms with Gasteiger partial charge < -0.3 is 5.32 Å². The minimum absolute atomic E-state index is 0.556. The monoisotopic (exact) mass is 328 g/mol. The van der Waals surface area contributed by atoms with Crippen LogP contribution in [-0.2, 0) is 0 Å². The third-order valence-corrected chi connectivity index (χ3v) is 5.68. The second-order valence-corrected chi connectivity index (χ2v) is 7.17. The topological polar surface area (TPSA) is 15.3 Å². The van der Waals surface area contributed by atoms with E-state index in [1.165, 1.54) is 20.6 Å². The highest BCUT2D eigenvalue weighted by Crippen LogP contribution is 2.36. The van der Waals surface area contributed by atoms with Crippen LogP contribution in [0.1, 0.15) is 29.3 Å². The molecule has 0 unspecified atom stereocenters. The van der Waals surface area contributed by atoms with Gasteiger partial charge in [-0.1, -0.05) is 6.08 Å². The van der Waals surface area contributed by atoms with Crippen LogP contribution in [0.15, 0.2) is 22.5 Å². The lowest BCUT2D eigenvalue weighted by Gasteiger charge is -2.34. The molecule has 1 fully saturated rings. The summed E-state index contributed by atoms with van der Waals surface area (Å²) in [5.41, 5.74) is 1.36. The minimum atomic E-state index is 0.556. The van der Waals surface area contributed by atoms with E-state index in [9.17, 15) is 0 Å². The van der Waals surface area contributed by atoms with E-state index < -0.39 is 0 Å². The van der Waals surface area contributed by atoms with E-state index in [0.29, 0.717) is 6.04 Å². The van der Waals surface area contributed by atoms with E-state index in [-0.39, 0.29) is 0 Å². The maximum Gasteiger partial charge on any atom is 0.0731 e. The van der Waals surface area contributed by atoms with Crippen molar-refractivity contribution in [1.82, 2.24) is 10.2 Å². The molecule has 2 rings (SSSR count). The largest absolute Gasteiger partial charge is 0.314 e. The second-order valence-electron chi connectivity index (χ2n) is 4.77. The maximum atomic E-state index is 3.86. The number of halogens is 1. The lowest BCUT2D eigenvalue weighted by Crippen LogP contribution is -2.45. The average molecular weight is 329 g/mol. The van der Waals surface area contributed by atoms with Crippen LogP contribution in [-0.4, -0.2) is 31.1 Å². The molecule has 4 heteroatoms. The fraction of sp³-hybridized carbons (Fsp3) is 0.571. The first-order chi connectivity index (χ1) is 8.72. The van der Waals surface area contributed by atoms with Gasteiger partial charge in [-0.3, -0.25) is 4.90 Å². The minimum Gasteiger partial charge on any atom is -0.314 e. The molecule has 0 bridgehead atoms. The third kappa shape index (κ3) is 3.44. The summed E-state index contributed by atoms with van der Waals surface area (Å²) in [5, 5.41) is 3.43. The van der Waals surface area contributed by atoms with Crippen molar-refractivity contribution in [3.63, 3.8) is 0 Å². The smallest absolute Gasteiger partial charge is 0.0731 e. The van der Waals surface area contributed by atoms with E-state index >= 15 is 0 Å². The molecule has 1 atom stereocenters. The quantitative estimate of drug-likeness (QED) is 0.828. The van der Waals surface area contributed by atoms with E-state index in [4.69, 9.17) is 0 Å². The Morgan fingerprint density at radius 3 is 2.83 bits per heavy atom. The Bertz CT molecular complexity index is 377. The summed E-state index contributed by atoms with van der Waals surface area (Å²) in [6.07, 6.45) is 4.30. The number of nitrogens with zero attached hydrogens (tertiary/aromatic N) is 1. The molecule has 2 heterocycles. The Morgan fingerprint density at radius 2 is 2.28 bits per heavy atom. The number of aryl methyl sites for hydroxylation is 1. The molecule has 2 nitrogen and oxygen atoms in total. The van der Waals surface area contributed by atoms with Gasteiger partial charge in [-0.05, 0) is 47.3 Å². The summed E-state index contributed by atoms with van der Waals surface area (Å²) in [7, 11) is 0. The van der Waals surface area contributed by atoms with Crippen molar-refractivity contribution in [3.05, 3.63) is 32.9 Å². The second kappa shape index (κ2) is 6.85. The molecule has 1 aromatic heterocycles. The van der Waals surface area contributed by atoms with Crippen LogP contribution in [0.2, 0.25) is 0 Å². The van der Waals surface area contributed by atoms with E-state index in [0.717, 1.165) is 32.6 Å². The molecule has 1 aliphatic heterocycles. The summed E-state index contributed by atoms with van der Waals surface area (Å²) in [4.78, 5) is 4.10. The standard InChI is InChI=1S/C14H21BrN2S/c1-3-4-5-12(17-8-6-16-7-9-17)13-10-11(2)14(15)18-13/h3,10,12,16H,1,4-9H2,2H3/t12-/m0/s1. The number of hydrogen-bond donors (Lipinski definition) is 1. The zero-order chi connectivity index (χ0) is 13.0. The SMILES string of the molecule is C=CCC[C@@H](c1cc(C)c(Br)s1)N1CCNCC1. The predicted octanol–water partition coefficient (Wildman–Crippen LogP) is 3.73. The van der Waals surface area contributed by atoms with E-state index in [2.05, 4.69) is 45.7 Å². The third-order valence-electron chi connectivity index (χ3n) is 3.44. The number of hydrogen-bond acceptors (Lipinski definition) is 3. The molecule has 0 amide bonds. The molecule has 0 radical (unpaired) electrons. The molecule has 1 N–H and O–H groups in total. The van der Waals surface area contributed by atoms with Gasteiger partial charge in [-0.2, -0.15) is 0 Å². The maximum absolute atomic E-state index is 3.86.